The van der Waals surface area contributed by atoms with Crippen LogP contribution in [0, 0.1) is 0 Å². The van der Waals surface area contributed by atoms with Crippen molar-refractivity contribution in [1.29, 1.82) is 0 Å². The molecule has 0 spiro atoms. The summed E-state index contributed by atoms with van der Waals surface area (Å²) in [5.74, 6) is -5.47. The van der Waals surface area contributed by atoms with E-state index in [0.29, 0.717) is 11.3 Å². The molecule has 1 aliphatic heterocycles. The number of hydrogen-bond donors (Lipinski definition) is 3. The summed E-state index contributed by atoms with van der Waals surface area (Å²) in [5, 5.41) is 24.7. The Bertz CT molecular complexity index is 888. The van der Waals surface area contributed by atoms with Crippen LogP contribution in [0.4, 0.5) is 13.6 Å². The second-order valence-electron chi connectivity index (χ2n) is 7.00. The average Bonchev–Trinajstić information content (AvgIpc) is 3.10. The second-order valence-corrected chi connectivity index (χ2v) is 7.00. The summed E-state index contributed by atoms with van der Waals surface area (Å²) < 4.78 is 30.3. The van der Waals surface area contributed by atoms with Gasteiger partial charge >= 0.3 is 12.0 Å². The molecular formula is C19H22F2N4O4. The number of halogens is 2. The Hall–Kier alpha value is -3.01. The number of alkyl halides is 2. The quantitative estimate of drug-likeness (QED) is 0.677. The smallest absolute Gasteiger partial charge is 0.407 e. The van der Waals surface area contributed by atoms with E-state index in [9.17, 15) is 19.8 Å². The minimum Gasteiger partial charge on any atom is -0.465 e. The fourth-order valence-electron chi connectivity index (χ4n) is 3.46. The number of carbonyl (C=O) groups is 2. The van der Waals surface area contributed by atoms with Crippen molar-refractivity contribution < 1.29 is 28.6 Å². The maximum absolute atomic E-state index is 15.2. The van der Waals surface area contributed by atoms with Gasteiger partial charge in [0.05, 0.1) is 13.2 Å². The van der Waals surface area contributed by atoms with Crippen molar-refractivity contribution in [3.8, 4) is 0 Å². The Kier molecular flexibility index (Phi) is 5.83. The van der Waals surface area contributed by atoms with Gasteiger partial charge in [0.1, 0.15) is 5.69 Å². The topological polar surface area (TPSA) is 110 Å². The monoisotopic (exact) mass is 408 g/mol. The van der Waals surface area contributed by atoms with Crippen molar-refractivity contribution in [2.24, 2.45) is 0 Å². The molecule has 1 aromatic heterocycles. The Morgan fingerprint density at radius 2 is 2.03 bits per heavy atom. The zero-order valence-corrected chi connectivity index (χ0v) is 15.8. The first-order valence-corrected chi connectivity index (χ1v) is 9.13. The lowest BCUT2D eigenvalue weighted by molar-refractivity contribution is -0.161. The summed E-state index contributed by atoms with van der Waals surface area (Å²) >= 11 is 0. The maximum atomic E-state index is 15.2. The number of carbonyl (C=O) groups excluding carboxylic acids is 1. The lowest BCUT2D eigenvalue weighted by Gasteiger charge is -2.32. The highest BCUT2D eigenvalue weighted by Crippen LogP contribution is 2.36. The van der Waals surface area contributed by atoms with Gasteiger partial charge in [-0.15, -0.1) is 0 Å². The third-order valence-corrected chi connectivity index (χ3v) is 5.00. The molecule has 0 saturated heterocycles. The van der Waals surface area contributed by atoms with Crippen LogP contribution >= 0.6 is 0 Å². The molecule has 1 aliphatic rings. The average molecular weight is 408 g/mol. The van der Waals surface area contributed by atoms with Gasteiger partial charge in [-0.05, 0) is 12.5 Å². The molecule has 3 rings (SSSR count). The number of aliphatic hydroxyl groups is 1. The summed E-state index contributed by atoms with van der Waals surface area (Å²) in [6.07, 6.45) is -1.03. The molecule has 0 aliphatic carbocycles. The van der Waals surface area contributed by atoms with Crippen LogP contribution in [-0.2, 0) is 30.2 Å². The highest BCUT2D eigenvalue weighted by Gasteiger charge is 2.49. The van der Waals surface area contributed by atoms with Gasteiger partial charge in [-0.2, -0.15) is 13.9 Å². The van der Waals surface area contributed by atoms with E-state index >= 15 is 8.78 Å². The van der Waals surface area contributed by atoms with Gasteiger partial charge in [-0.25, -0.2) is 4.79 Å². The highest BCUT2D eigenvalue weighted by molar-refractivity contribution is 5.85. The largest absolute Gasteiger partial charge is 0.465 e. The molecule has 2 amide bonds. The number of fused-ring (bicyclic) bond motifs is 1. The molecule has 2 aromatic rings. The number of aliphatic hydroxyl groups excluding tert-OH is 1. The SMILES string of the molecule is C[C@@H]1Cc2[nH]nc(C(F)(F)C(=O)N(CCO)Cc3ccccc3)c2CN1C(=O)O. The molecular weight excluding hydrogens is 386 g/mol. The van der Waals surface area contributed by atoms with Crippen molar-refractivity contribution in [2.75, 3.05) is 13.2 Å². The third kappa shape index (κ3) is 4.07. The number of nitrogens with one attached hydrogen (secondary N) is 1. The van der Waals surface area contributed by atoms with Gasteiger partial charge in [-0.3, -0.25) is 9.89 Å². The number of aromatic nitrogens is 2. The highest BCUT2D eigenvalue weighted by atomic mass is 19.3. The molecule has 1 atom stereocenters. The van der Waals surface area contributed by atoms with Gasteiger partial charge in [0.25, 0.3) is 5.91 Å². The normalized spacial score (nSPS) is 16.4. The van der Waals surface area contributed by atoms with E-state index in [-0.39, 0.29) is 31.6 Å². The van der Waals surface area contributed by atoms with Crippen molar-refractivity contribution in [2.45, 2.75) is 38.4 Å². The van der Waals surface area contributed by atoms with Gasteiger partial charge in [0, 0.05) is 36.8 Å². The van der Waals surface area contributed by atoms with E-state index in [1.807, 2.05) is 0 Å². The van der Waals surface area contributed by atoms with E-state index in [0.717, 1.165) is 9.80 Å². The summed E-state index contributed by atoms with van der Waals surface area (Å²) in [5.41, 5.74) is 0.286. The maximum Gasteiger partial charge on any atom is 0.407 e. The molecule has 2 heterocycles. The van der Waals surface area contributed by atoms with E-state index < -0.39 is 36.3 Å². The minimum absolute atomic E-state index is 0.0208. The van der Waals surface area contributed by atoms with Crippen molar-refractivity contribution in [1.82, 2.24) is 20.0 Å². The van der Waals surface area contributed by atoms with Gasteiger partial charge in [0.15, 0.2) is 0 Å². The van der Waals surface area contributed by atoms with Crippen LogP contribution in [0.2, 0.25) is 0 Å². The van der Waals surface area contributed by atoms with Crippen LogP contribution in [0.3, 0.4) is 0 Å². The van der Waals surface area contributed by atoms with E-state index in [1.54, 1.807) is 37.3 Å². The summed E-state index contributed by atoms with van der Waals surface area (Å²) in [6, 6.07) is 8.20. The lowest BCUT2D eigenvalue weighted by atomic mass is 9.97. The molecule has 8 nitrogen and oxygen atoms in total. The van der Waals surface area contributed by atoms with Crippen LogP contribution < -0.4 is 0 Å². The Labute approximate surface area is 165 Å². The van der Waals surface area contributed by atoms with Crippen molar-refractivity contribution >= 4 is 12.0 Å². The number of nitrogens with zero attached hydrogens (tertiary/aromatic N) is 3. The molecule has 0 bridgehead atoms. The Balaban J connectivity index is 1.89. The fraction of sp³-hybridized carbons (Fsp3) is 0.421. The van der Waals surface area contributed by atoms with E-state index in [4.69, 9.17) is 0 Å². The second kappa shape index (κ2) is 8.16. The fourth-order valence-corrected chi connectivity index (χ4v) is 3.46. The number of amides is 2. The molecule has 0 fully saturated rings. The van der Waals surface area contributed by atoms with Crippen LogP contribution in [0.5, 0.6) is 0 Å². The molecule has 0 unspecified atom stereocenters. The number of aromatic amines is 1. The van der Waals surface area contributed by atoms with Gasteiger partial charge in [-0.1, -0.05) is 30.3 Å². The Morgan fingerprint density at radius 3 is 2.66 bits per heavy atom. The zero-order chi connectivity index (χ0) is 21.2. The Morgan fingerprint density at radius 1 is 1.34 bits per heavy atom. The van der Waals surface area contributed by atoms with E-state index in [1.165, 1.54) is 0 Å². The molecule has 1 aromatic carbocycles. The number of rotatable bonds is 6. The molecule has 3 N–H and O–H groups in total. The van der Waals surface area contributed by atoms with Crippen LogP contribution in [-0.4, -0.2) is 61.4 Å². The number of H-pyrrole nitrogens is 1. The van der Waals surface area contributed by atoms with Crippen LogP contribution in [0.15, 0.2) is 30.3 Å². The predicted octanol–water partition coefficient (Wildman–Crippen LogP) is 1.95. The first-order chi connectivity index (χ1) is 13.8. The molecule has 0 radical (unpaired) electrons. The van der Waals surface area contributed by atoms with Crippen molar-refractivity contribution in [3.63, 3.8) is 0 Å². The number of benzene rings is 1. The van der Waals surface area contributed by atoms with E-state index in [2.05, 4.69) is 10.2 Å². The number of hydrogen-bond acceptors (Lipinski definition) is 4. The first kappa shape index (κ1) is 20.7. The lowest BCUT2D eigenvalue weighted by Crippen LogP contribution is -2.45. The van der Waals surface area contributed by atoms with Gasteiger partial charge < -0.3 is 20.0 Å². The third-order valence-electron chi connectivity index (χ3n) is 5.00. The van der Waals surface area contributed by atoms with Crippen molar-refractivity contribution in [3.05, 3.63) is 52.8 Å². The van der Waals surface area contributed by atoms with Gasteiger partial charge in [0.2, 0.25) is 0 Å². The summed E-state index contributed by atoms with van der Waals surface area (Å²) in [4.78, 5) is 26.0. The first-order valence-electron chi connectivity index (χ1n) is 9.13. The van der Waals surface area contributed by atoms with Crippen LogP contribution in [0.1, 0.15) is 29.4 Å². The van der Waals surface area contributed by atoms with Crippen LogP contribution in [0.25, 0.3) is 0 Å². The summed E-state index contributed by atoms with van der Waals surface area (Å²) in [7, 11) is 0. The standard InChI is InChI=1S/C19H22F2N4O4/c1-12-9-15-14(11-25(12)18(28)29)16(23-22-15)19(20,21)17(27)24(7-8-26)10-13-5-3-2-4-6-13/h2-6,12,26H,7-11H2,1H3,(H,22,23)(H,28,29)/t12-/m1/s1. The molecule has 10 heteroatoms. The molecule has 156 valence electrons. The predicted molar refractivity (Wildman–Crippen MR) is 98.2 cm³/mol. The number of carboxylic acid groups (broad SMARTS) is 1. The minimum atomic E-state index is -3.97. The zero-order valence-electron chi connectivity index (χ0n) is 15.8. The molecule has 29 heavy (non-hydrogen) atoms. The molecule has 0 saturated carbocycles. The summed E-state index contributed by atoms with van der Waals surface area (Å²) in [6.45, 7) is 0.551.